The lowest BCUT2D eigenvalue weighted by Gasteiger charge is -2.55. The Bertz CT molecular complexity index is 676. The quantitative estimate of drug-likeness (QED) is 0.139. The standard InChI is InChI=1S/C18H32O16/c19-1-4(22)7(23)10(26)13(29)16(32)18(15(31)12(28)9(25)6(3-21)34-18)17-14(30)11(27)8(24)5(2-20)33-17/h4-15,17,19-31H,1-3H2/t4-,5-,6-,7-,8-,9+,10+,11+,12+,13-,14-,15-,17?,18?/m1/s1. The van der Waals surface area contributed by atoms with Gasteiger partial charge in [0, 0.05) is 0 Å². The summed E-state index contributed by atoms with van der Waals surface area (Å²) in [6.45, 7) is -3.20. The van der Waals surface area contributed by atoms with Crippen molar-refractivity contribution in [3.63, 3.8) is 0 Å². The minimum atomic E-state index is -3.19. The monoisotopic (exact) mass is 504 g/mol. The average Bonchev–Trinajstić information content (AvgIpc) is 2.84. The third-order valence-electron chi connectivity index (χ3n) is 6.24. The molecule has 0 aromatic rings. The van der Waals surface area contributed by atoms with E-state index in [0.29, 0.717) is 0 Å². The van der Waals surface area contributed by atoms with Crippen LogP contribution in [0.25, 0.3) is 0 Å². The Labute approximate surface area is 192 Å². The molecule has 13 N–H and O–H groups in total. The number of ether oxygens (including phenoxy) is 2. The third kappa shape index (κ3) is 4.85. The fraction of sp³-hybridized carbons (Fsp3) is 0.944. The Balaban J connectivity index is 2.61. The first-order chi connectivity index (χ1) is 15.8. The van der Waals surface area contributed by atoms with E-state index >= 15 is 0 Å². The molecule has 2 fully saturated rings. The second kappa shape index (κ2) is 11.4. The maximum atomic E-state index is 13.4. The smallest absolute Gasteiger partial charge is 0.201 e. The van der Waals surface area contributed by atoms with Gasteiger partial charge in [-0.3, -0.25) is 4.79 Å². The molecule has 0 aliphatic carbocycles. The van der Waals surface area contributed by atoms with Gasteiger partial charge in [-0.2, -0.15) is 0 Å². The van der Waals surface area contributed by atoms with Crippen molar-refractivity contribution in [2.75, 3.05) is 19.8 Å². The van der Waals surface area contributed by atoms with E-state index in [4.69, 9.17) is 14.6 Å². The molecule has 0 spiro atoms. The number of Topliss-reactive ketones (excluding diaryl/α,β-unsaturated/α-hetero) is 1. The maximum absolute atomic E-state index is 13.4. The molecule has 0 amide bonds. The van der Waals surface area contributed by atoms with E-state index in [9.17, 15) is 66.1 Å². The van der Waals surface area contributed by atoms with Gasteiger partial charge in [-0.1, -0.05) is 0 Å². The predicted octanol–water partition coefficient (Wildman–Crippen LogP) is -8.95. The van der Waals surface area contributed by atoms with Crippen LogP contribution >= 0.6 is 0 Å². The summed E-state index contributed by atoms with van der Waals surface area (Å²) in [7, 11) is 0. The molecule has 0 aromatic heterocycles. The van der Waals surface area contributed by atoms with Crippen LogP contribution in [0.2, 0.25) is 0 Å². The summed E-state index contributed by atoms with van der Waals surface area (Å²) in [4.78, 5) is 13.4. The lowest BCUT2D eigenvalue weighted by atomic mass is 9.71. The molecule has 2 aliphatic rings. The number of carbonyl (C=O) groups excluding carboxylic acids is 1. The Hall–Kier alpha value is -0.930. The Morgan fingerprint density at radius 3 is 1.76 bits per heavy atom. The highest BCUT2D eigenvalue weighted by Gasteiger charge is 2.67. The second-order valence-corrected chi connectivity index (χ2v) is 8.35. The fourth-order valence-corrected chi connectivity index (χ4v) is 4.14. The number of hydrogen-bond donors (Lipinski definition) is 13. The van der Waals surface area contributed by atoms with Crippen LogP contribution < -0.4 is 0 Å². The Morgan fingerprint density at radius 1 is 0.735 bits per heavy atom. The number of aliphatic hydroxyl groups is 13. The fourth-order valence-electron chi connectivity index (χ4n) is 4.14. The van der Waals surface area contributed by atoms with Crippen LogP contribution in [0.5, 0.6) is 0 Å². The number of aliphatic hydroxyl groups excluding tert-OH is 13. The summed E-state index contributed by atoms with van der Waals surface area (Å²) in [6.07, 6.45) is -28.9. The van der Waals surface area contributed by atoms with E-state index in [0.717, 1.165) is 0 Å². The predicted molar refractivity (Wildman–Crippen MR) is 103 cm³/mol. The number of ketones is 1. The Morgan fingerprint density at radius 2 is 1.26 bits per heavy atom. The number of hydrogen-bond acceptors (Lipinski definition) is 16. The van der Waals surface area contributed by atoms with Crippen LogP contribution in [0, 0.1) is 0 Å². The Kier molecular flexibility index (Phi) is 9.84. The molecule has 0 radical (unpaired) electrons. The van der Waals surface area contributed by atoms with Gasteiger partial charge in [0.1, 0.15) is 79.4 Å². The lowest BCUT2D eigenvalue weighted by Crippen LogP contribution is -2.79. The molecule has 200 valence electrons. The first-order valence-electron chi connectivity index (χ1n) is 10.3. The molecule has 2 rings (SSSR count). The summed E-state index contributed by atoms with van der Waals surface area (Å²) in [5.74, 6) is -1.81. The zero-order chi connectivity index (χ0) is 26.1. The van der Waals surface area contributed by atoms with Gasteiger partial charge in [-0.25, -0.2) is 0 Å². The zero-order valence-electron chi connectivity index (χ0n) is 17.7. The van der Waals surface area contributed by atoms with Crippen LogP contribution in [-0.4, -0.2) is 177 Å². The van der Waals surface area contributed by atoms with Crippen LogP contribution in [0.4, 0.5) is 0 Å². The van der Waals surface area contributed by atoms with E-state index < -0.39 is 111 Å². The van der Waals surface area contributed by atoms with Crippen LogP contribution in [0.15, 0.2) is 0 Å². The average molecular weight is 504 g/mol. The van der Waals surface area contributed by atoms with Crippen LogP contribution in [-0.2, 0) is 14.3 Å². The van der Waals surface area contributed by atoms with Crippen molar-refractivity contribution in [2.45, 2.75) is 85.0 Å². The molecule has 2 unspecified atom stereocenters. The zero-order valence-corrected chi connectivity index (χ0v) is 17.7. The normalized spacial score (nSPS) is 44.8. The summed E-state index contributed by atoms with van der Waals surface area (Å²) >= 11 is 0. The molecule has 0 aromatic carbocycles. The number of rotatable bonds is 9. The van der Waals surface area contributed by atoms with Crippen molar-refractivity contribution < 1.29 is 80.7 Å². The molecule has 16 heteroatoms. The molecular formula is C18H32O16. The molecule has 16 nitrogen and oxygen atoms in total. The third-order valence-corrected chi connectivity index (χ3v) is 6.24. The highest BCUT2D eigenvalue weighted by atomic mass is 16.6. The van der Waals surface area contributed by atoms with Gasteiger partial charge in [0.2, 0.25) is 5.78 Å². The highest BCUT2D eigenvalue weighted by molar-refractivity contribution is 5.93. The van der Waals surface area contributed by atoms with E-state index in [1.165, 1.54) is 0 Å². The lowest BCUT2D eigenvalue weighted by molar-refractivity contribution is -0.332. The molecule has 14 atom stereocenters. The van der Waals surface area contributed by atoms with E-state index in [-0.39, 0.29) is 0 Å². The molecule has 0 saturated carbocycles. The van der Waals surface area contributed by atoms with Gasteiger partial charge in [0.25, 0.3) is 0 Å². The highest BCUT2D eigenvalue weighted by Crippen LogP contribution is 2.41. The van der Waals surface area contributed by atoms with Crippen LogP contribution in [0.3, 0.4) is 0 Å². The summed E-state index contributed by atoms with van der Waals surface area (Å²) in [5.41, 5.74) is -3.19. The van der Waals surface area contributed by atoms with Crippen molar-refractivity contribution in [3.8, 4) is 0 Å². The molecule has 2 heterocycles. The SMILES string of the molecule is O=C([C@H](O)[C@@H](O)[C@H](O)[C@H](O)CO)C1(C2O[C@H](CO)[C@@H](O)[C@H](O)[C@H]2O)O[C@H](CO)[C@H](O)[C@H](O)[C@H]1O. The van der Waals surface area contributed by atoms with Gasteiger partial charge in [0.15, 0.2) is 5.60 Å². The minimum absolute atomic E-state index is 0.997. The first-order valence-corrected chi connectivity index (χ1v) is 10.3. The molecule has 2 aliphatic heterocycles. The van der Waals surface area contributed by atoms with Crippen LogP contribution in [0.1, 0.15) is 0 Å². The topological polar surface area (TPSA) is 299 Å². The van der Waals surface area contributed by atoms with E-state index in [2.05, 4.69) is 0 Å². The van der Waals surface area contributed by atoms with Crippen molar-refractivity contribution >= 4 is 5.78 Å². The van der Waals surface area contributed by atoms with Crippen molar-refractivity contribution in [3.05, 3.63) is 0 Å². The molecule has 2 saturated heterocycles. The van der Waals surface area contributed by atoms with E-state index in [1.54, 1.807) is 0 Å². The van der Waals surface area contributed by atoms with Gasteiger partial charge >= 0.3 is 0 Å². The van der Waals surface area contributed by atoms with Gasteiger partial charge < -0.3 is 75.9 Å². The maximum Gasteiger partial charge on any atom is 0.201 e. The van der Waals surface area contributed by atoms with Crippen molar-refractivity contribution in [1.29, 1.82) is 0 Å². The first kappa shape index (κ1) is 29.3. The minimum Gasteiger partial charge on any atom is -0.394 e. The van der Waals surface area contributed by atoms with Gasteiger partial charge in [-0.05, 0) is 0 Å². The summed E-state index contributed by atoms with van der Waals surface area (Å²) in [5, 5.41) is 130. The summed E-state index contributed by atoms with van der Waals surface area (Å²) < 4.78 is 10.6. The largest absolute Gasteiger partial charge is 0.394 e. The molecular weight excluding hydrogens is 472 g/mol. The van der Waals surface area contributed by atoms with E-state index in [1.807, 2.05) is 0 Å². The number of carbonyl (C=O) groups is 1. The summed E-state index contributed by atoms with van der Waals surface area (Å²) in [6, 6.07) is 0. The second-order valence-electron chi connectivity index (χ2n) is 8.35. The van der Waals surface area contributed by atoms with Crippen molar-refractivity contribution in [2.24, 2.45) is 0 Å². The molecule has 34 heavy (non-hydrogen) atoms. The van der Waals surface area contributed by atoms with Gasteiger partial charge in [-0.15, -0.1) is 0 Å². The van der Waals surface area contributed by atoms with Gasteiger partial charge in [0.05, 0.1) is 19.8 Å². The molecule has 0 bridgehead atoms. The van der Waals surface area contributed by atoms with Crippen molar-refractivity contribution in [1.82, 2.24) is 0 Å².